The molecule has 0 aliphatic carbocycles. The Hall–Kier alpha value is -1.88. The number of carbonyl (C=O) groups is 2. The molecule has 0 spiro atoms. The maximum atomic E-state index is 12.1. The molecule has 5 heteroatoms. The maximum Gasteiger partial charge on any atom is 0.305 e. The van der Waals surface area contributed by atoms with Crippen molar-refractivity contribution in [1.82, 2.24) is 0 Å². The molecule has 1 aromatic carbocycles. The van der Waals surface area contributed by atoms with E-state index >= 15 is 0 Å². The molecule has 0 aliphatic heterocycles. The third-order valence-corrected chi connectivity index (χ3v) is 5.94. The minimum absolute atomic E-state index is 0.00779. The Kier molecular flexibility index (Phi) is 19.2. The normalized spacial score (nSPS) is 11.0. The van der Waals surface area contributed by atoms with Gasteiger partial charge in [-0.1, -0.05) is 95.5 Å². The number of rotatable bonds is 22. The van der Waals surface area contributed by atoms with E-state index in [1.165, 1.54) is 38.5 Å². The molecular weight excluding hydrogens is 428 g/mol. The van der Waals surface area contributed by atoms with Crippen molar-refractivity contribution < 1.29 is 23.8 Å². The molecular formula is C29H48O5. The first-order valence-electron chi connectivity index (χ1n) is 13.6. The van der Waals surface area contributed by atoms with Crippen molar-refractivity contribution >= 4 is 11.9 Å². The largest absolute Gasteiger partial charge is 0.465 e. The van der Waals surface area contributed by atoms with Gasteiger partial charge in [0.25, 0.3) is 0 Å². The predicted octanol–water partition coefficient (Wildman–Crippen LogP) is 7.41. The van der Waals surface area contributed by atoms with Gasteiger partial charge in [-0.15, -0.1) is 0 Å². The van der Waals surface area contributed by atoms with Crippen LogP contribution in [0.5, 0.6) is 0 Å². The first kappa shape index (κ1) is 30.2. The van der Waals surface area contributed by atoms with Crippen molar-refractivity contribution in [3.63, 3.8) is 0 Å². The highest BCUT2D eigenvalue weighted by atomic mass is 16.5. The van der Waals surface area contributed by atoms with Crippen molar-refractivity contribution in [1.29, 1.82) is 0 Å². The van der Waals surface area contributed by atoms with Gasteiger partial charge >= 0.3 is 11.9 Å². The summed E-state index contributed by atoms with van der Waals surface area (Å²) in [6.07, 6.45) is 13.6. The fraction of sp³-hybridized carbons (Fsp3) is 0.724. The molecule has 0 saturated heterocycles. The average molecular weight is 477 g/mol. The summed E-state index contributed by atoms with van der Waals surface area (Å²) in [5, 5.41) is 0. The summed E-state index contributed by atoms with van der Waals surface area (Å²) >= 11 is 0. The number of benzene rings is 1. The van der Waals surface area contributed by atoms with Crippen LogP contribution in [-0.2, 0) is 30.4 Å². The van der Waals surface area contributed by atoms with Gasteiger partial charge in [0, 0.05) is 25.4 Å². The summed E-state index contributed by atoms with van der Waals surface area (Å²) in [5.74, 6) is -0.290. The van der Waals surface area contributed by atoms with E-state index in [9.17, 15) is 9.59 Å². The second-order valence-corrected chi connectivity index (χ2v) is 9.24. The van der Waals surface area contributed by atoms with E-state index in [0.717, 1.165) is 44.1 Å². The molecule has 34 heavy (non-hydrogen) atoms. The molecule has 0 atom stereocenters. The average Bonchev–Trinajstić information content (AvgIpc) is 2.85. The van der Waals surface area contributed by atoms with E-state index < -0.39 is 0 Å². The van der Waals surface area contributed by atoms with Crippen molar-refractivity contribution in [2.24, 2.45) is 5.92 Å². The fourth-order valence-electron chi connectivity index (χ4n) is 3.76. The zero-order valence-corrected chi connectivity index (χ0v) is 21.7. The summed E-state index contributed by atoms with van der Waals surface area (Å²) in [4.78, 5) is 24.2. The predicted molar refractivity (Wildman–Crippen MR) is 137 cm³/mol. The lowest BCUT2D eigenvalue weighted by Gasteiger charge is -2.17. The van der Waals surface area contributed by atoms with Gasteiger partial charge in [0.1, 0.15) is 0 Å². The van der Waals surface area contributed by atoms with Gasteiger partial charge in [-0.2, -0.15) is 0 Å². The lowest BCUT2D eigenvalue weighted by Crippen LogP contribution is -2.21. The van der Waals surface area contributed by atoms with Gasteiger partial charge in [-0.25, -0.2) is 0 Å². The molecule has 0 fully saturated rings. The van der Waals surface area contributed by atoms with Crippen LogP contribution in [0.2, 0.25) is 0 Å². The minimum atomic E-state index is -0.149. The van der Waals surface area contributed by atoms with Crippen LogP contribution in [-0.4, -0.2) is 31.8 Å². The van der Waals surface area contributed by atoms with Crippen molar-refractivity contribution in [3.05, 3.63) is 35.9 Å². The van der Waals surface area contributed by atoms with E-state index in [-0.39, 0.29) is 17.9 Å². The molecule has 0 amide bonds. The first-order valence-corrected chi connectivity index (χ1v) is 13.6. The lowest BCUT2D eigenvalue weighted by atomic mass is 10.1. The quantitative estimate of drug-likeness (QED) is 0.129. The Bertz CT molecular complexity index is 586. The number of hydrogen-bond acceptors (Lipinski definition) is 5. The second kappa shape index (κ2) is 21.6. The van der Waals surface area contributed by atoms with Crippen LogP contribution >= 0.6 is 0 Å². The Balaban J connectivity index is 2.31. The van der Waals surface area contributed by atoms with E-state index in [0.29, 0.717) is 39.3 Å². The molecule has 0 radical (unpaired) electrons. The van der Waals surface area contributed by atoms with E-state index in [2.05, 4.69) is 13.8 Å². The van der Waals surface area contributed by atoms with Crippen LogP contribution in [0, 0.1) is 5.92 Å². The van der Waals surface area contributed by atoms with Gasteiger partial charge in [-0.3, -0.25) is 9.59 Å². The number of ether oxygens (including phenoxy) is 3. The van der Waals surface area contributed by atoms with Gasteiger partial charge in [0.15, 0.2) is 0 Å². The smallest absolute Gasteiger partial charge is 0.305 e. The third kappa shape index (κ3) is 17.6. The highest BCUT2D eigenvalue weighted by Crippen LogP contribution is 2.13. The zero-order chi connectivity index (χ0) is 24.7. The highest BCUT2D eigenvalue weighted by molar-refractivity contribution is 5.69. The monoisotopic (exact) mass is 476 g/mol. The van der Waals surface area contributed by atoms with Crippen LogP contribution in [0.4, 0.5) is 0 Å². The summed E-state index contributed by atoms with van der Waals surface area (Å²) in [7, 11) is 0. The molecule has 0 aromatic heterocycles. The summed E-state index contributed by atoms with van der Waals surface area (Å²) in [6.45, 7) is 6.18. The first-order chi connectivity index (χ1) is 16.7. The molecule has 0 N–H and O–H groups in total. The summed E-state index contributed by atoms with van der Waals surface area (Å²) in [5.41, 5.74) is 1.15. The van der Waals surface area contributed by atoms with Crippen LogP contribution in [0.25, 0.3) is 0 Å². The topological polar surface area (TPSA) is 61.8 Å². The molecule has 194 valence electrons. The van der Waals surface area contributed by atoms with Crippen molar-refractivity contribution in [3.8, 4) is 0 Å². The Morgan fingerprint density at radius 3 is 1.76 bits per heavy atom. The van der Waals surface area contributed by atoms with Crippen LogP contribution in [0.1, 0.15) is 109 Å². The van der Waals surface area contributed by atoms with E-state index in [4.69, 9.17) is 14.2 Å². The Morgan fingerprint density at radius 1 is 0.706 bits per heavy atom. The molecule has 1 rings (SSSR count). The van der Waals surface area contributed by atoms with Gasteiger partial charge in [0.2, 0.25) is 0 Å². The van der Waals surface area contributed by atoms with Crippen LogP contribution < -0.4 is 0 Å². The molecule has 0 saturated carbocycles. The van der Waals surface area contributed by atoms with E-state index in [1.54, 1.807) is 0 Å². The Labute approximate surface area is 207 Å². The number of hydrogen-bond donors (Lipinski definition) is 0. The molecule has 0 heterocycles. The maximum absolute atomic E-state index is 12.1. The second-order valence-electron chi connectivity index (χ2n) is 9.24. The van der Waals surface area contributed by atoms with Crippen molar-refractivity contribution in [2.45, 2.75) is 110 Å². The number of esters is 2. The van der Waals surface area contributed by atoms with Crippen LogP contribution in [0.3, 0.4) is 0 Å². The molecule has 1 aromatic rings. The SMILES string of the molecule is CCCCCCCC(=O)OCC(CCCOCc1ccccc1)COC(=O)CCCCCCC. The van der Waals surface area contributed by atoms with E-state index in [1.807, 2.05) is 30.3 Å². The molecule has 0 unspecified atom stereocenters. The standard InChI is InChI=1S/C29H48O5/c1-3-5-7-9-14-20-28(30)33-24-27(25-34-29(31)21-15-10-8-6-4-2)19-16-22-32-23-26-17-12-11-13-18-26/h11-13,17-18,27H,3-10,14-16,19-25H2,1-2H3. The minimum Gasteiger partial charge on any atom is -0.465 e. The molecule has 5 nitrogen and oxygen atoms in total. The Morgan fingerprint density at radius 2 is 1.24 bits per heavy atom. The number of unbranched alkanes of at least 4 members (excludes halogenated alkanes) is 8. The summed E-state index contributed by atoms with van der Waals surface area (Å²) in [6, 6.07) is 10.1. The highest BCUT2D eigenvalue weighted by Gasteiger charge is 2.15. The van der Waals surface area contributed by atoms with Gasteiger partial charge in [0.05, 0.1) is 19.8 Å². The van der Waals surface area contributed by atoms with Gasteiger partial charge < -0.3 is 14.2 Å². The summed E-state index contributed by atoms with van der Waals surface area (Å²) < 4.78 is 16.8. The fourth-order valence-corrected chi connectivity index (χ4v) is 3.76. The third-order valence-electron chi connectivity index (χ3n) is 5.94. The zero-order valence-electron chi connectivity index (χ0n) is 21.7. The lowest BCUT2D eigenvalue weighted by molar-refractivity contribution is -0.149. The number of carbonyl (C=O) groups excluding carboxylic acids is 2. The van der Waals surface area contributed by atoms with Gasteiger partial charge in [-0.05, 0) is 31.2 Å². The van der Waals surface area contributed by atoms with Crippen molar-refractivity contribution in [2.75, 3.05) is 19.8 Å². The molecule has 0 bridgehead atoms. The van der Waals surface area contributed by atoms with Crippen LogP contribution in [0.15, 0.2) is 30.3 Å². The molecule has 0 aliphatic rings.